The summed E-state index contributed by atoms with van der Waals surface area (Å²) in [5.74, 6) is -0.131. The van der Waals surface area contributed by atoms with Crippen LogP contribution >= 0.6 is 10.2 Å². The number of halogens is 5. The molecule has 0 unspecified atom stereocenters. The van der Waals surface area contributed by atoms with Gasteiger partial charge in [0.2, 0.25) is 0 Å². The van der Waals surface area contributed by atoms with Crippen LogP contribution in [0.15, 0.2) is 78.3 Å². The average Bonchev–Trinajstić information content (AvgIpc) is 3.01. The number of pyridine rings is 1. The second kappa shape index (κ2) is 12.0. The topological polar surface area (TPSA) is 81.5 Å². The molecule has 0 atom stereocenters. The van der Waals surface area contributed by atoms with Crippen molar-refractivity contribution in [3.8, 4) is 11.8 Å². The van der Waals surface area contributed by atoms with E-state index in [1.165, 1.54) is 0 Å². The molecule has 1 N–H and O–H groups in total. The van der Waals surface area contributed by atoms with Crippen molar-refractivity contribution in [2.45, 2.75) is 49.3 Å². The molecule has 1 aromatic heterocycles. The van der Waals surface area contributed by atoms with Crippen molar-refractivity contribution in [3.63, 3.8) is 0 Å². The van der Waals surface area contributed by atoms with Crippen LogP contribution in [0.3, 0.4) is 0 Å². The Morgan fingerprint density at radius 1 is 0.933 bits per heavy atom. The molecule has 0 saturated carbocycles. The quantitative estimate of drug-likeness (QED) is 0.242. The van der Waals surface area contributed by atoms with Gasteiger partial charge in [-0.1, -0.05) is 38.1 Å². The average molecular weight is 648 g/mol. The predicted molar refractivity (Wildman–Crippen MR) is 163 cm³/mol. The highest BCUT2D eigenvalue weighted by Gasteiger charge is 2.65. The van der Waals surface area contributed by atoms with Gasteiger partial charge in [-0.15, -0.1) is 0 Å². The van der Waals surface area contributed by atoms with Gasteiger partial charge in [0, 0.05) is 69.1 Å². The summed E-state index contributed by atoms with van der Waals surface area (Å²) in [6.45, 7) is 7.81. The van der Waals surface area contributed by atoms with Crippen LogP contribution in [0.4, 0.5) is 19.4 Å². The summed E-state index contributed by atoms with van der Waals surface area (Å²) in [4.78, 5) is 19.7. The van der Waals surface area contributed by atoms with Crippen molar-refractivity contribution in [2.75, 3.05) is 26.2 Å². The van der Waals surface area contributed by atoms with Gasteiger partial charge in [0.05, 0.1) is 11.6 Å². The monoisotopic (exact) mass is 647 g/mol. The minimum Gasteiger partial charge on any atom is -0.490 e. The van der Waals surface area contributed by atoms with Crippen LogP contribution in [0.2, 0.25) is 0 Å². The molecule has 3 heterocycles. The number of benzene rings is 2. The molecule has 240 valence electrons. The van der Waals surface area contributed by atoms with Crippen LogP contribution in [0.1, 0.15) is 52.9 Å². The maximum atomic E-state index is 13.0. The molecule has 2 aliphatic heterocycles. The van der Waals surface area contributed by atoms with Crippen LogP contribution in [-0.4, -0.2) is 59.0 Å². The first kappa shape index (κ1) is 32.2. The van der Waals surface area contributed by atoms with Gasteiger partial charge in [0.15, 0.2) is 0 Å². The van der Waals surface area contributed by atoms with Crippen molar-refractivity contribution in [1.82, 2.24) is 20.1 Å². The van der Waals surface area contributed by atoms with E-state index in [1.807, 2.05) is 29.2 Å². The maximum Gasteiger partial charge on any atom is 0.310 e. The van der Waals surface area contributed by atoms with E-state index in [0.717, 1.165) is 61.4 Å². The maximum absolute atomic E-state index is 13.0. The number of hydrogen-bond acceptors (Lipinski definition) is 6. The van der Waals surface area contributed by atoms with E-state index < -0.39 is 15.1 Å². The Kier molecular flexibility index (Phi) is 8.59. The first-order chi connectivity index (χ1) is 21.2. The van der Waals surface area contributed by atoms with Gasteiger partial charge in [-0.3, -0.25) is 14.7 Å². The molecule has 5 rings (SSSR count). The lowest BCUT2D eigenvalue weighted by Crippen LogP contribution is -2.44. The van der Waals surface area contributed by atoms with E-state index in [0.29, 0.717) is 49.3 Å². The SMILES string of the molecule is C=C(c1ccc(C(=O)NC2CCN(Cc3ccc(C#N)cc3)CC2)nc1)N1CCC(Oc2ccc(S(F)(F)(F)(F)F)cc2)CC1. The summed E-state index contributed by atoms with van der Waals surface area (Å²) in [5.41, 5.74) is 3.59. The lowest BCUT2D eigenvalue weighted by atomic mass is 10.0. The number of nitrogens with zero attached hydrogens (tertiary/aromatic N) is 4. The van der Waals surface area contributed by atoms with Gasteiger partial charge in [0.1, 0.15) is 22.4 Å². The Morgan fingerprint density at radius 3 is 2.13 bits per heavy atom. The predicted octanol–water partition coefficient (Wildman–Crippen LogP) is 7.52. The molecule has 0 radical (unpaired) electrons. The van der Waals surface area contributed by atoms with Crippen molar-refractivity contribution in [1.29, 1.82) is 5.26 Å². The highest BCUT2D eigenvalue weighted by molar-refractivity contribution is 8.45. The number of ether oxygens (including phenoxy) is 1. The molecule has 45 heavy (non-hydrogen) atoms. The zero-order valence-electron chi connectivity index (χ0n) is 24.5. The lowest BCUT2D eigenvalue weighted by Gasteiger charge is -2.40. The van der Waals surface area contributed by atoms with Crippen LogP contribution in [0.5, 0.6) is 5.75 Å². The molecule has 1 amide bonds. The van der Waals surface area contributed by atoms with Crippen LogP contribution in [-0.2, 0) is 6.54 Å². The Bertz CT molecular complexity index is 1560. The minimum absolute atomic E-state index is 0.0551. The number of nitrogens with one attached hydrogen (secondary N) is 1. The molecule has 0 aliphatic carbocycles. The first-order valence-corrected chi connectivity index (χ1v) is 16.6. The normalized spacial score (nSPS) is 18.4. The smallest absolute Gasteiger partial charge is 0.310 e. The number of likely N-dealkylation sites (tertiary alicyclic amines) is 2. The van der Waals surface area contributed by atoms with E-state index in [4.69, 9.17) is 10.00 Å². The molecule has 2 fully saturated rings. The number of amides is 1. The summed E-state index contributed by atoms with van der Waals surface area (Å²) in [5, 5.41) is 12.0. The number of carbonyl (C=O) groups excluding carboxylic acids is 1. The Labute approximate surface area is 259 Å². The van der Waals surface area contributed by atoms with Crippen LogP contribution < -0.4 is 10.1 Å². The zero-order chi connectivity index (χ0) is 32.3. The third-order valence-corrected chi connectivity index (χ3v) is 9.30. The number of nitriles is 1. The molecule has 2 aliphatic rings. The fraction of sp³-hybridized carbons (Fsp3) is 0.344. The molecule has 13 heteroatoms. The van der Waals surface area contributed by atoms with Gasteiger partial charge in [-0.2, -0.15) is 5.26 Å². The Hall–Kier alpha value is -4.15. The summed E-state index contributed by atoms with van der Waals surface area (Å²) >= 11 is 0. The second-order valence-electron chi connectivity index (χ2n) is 11.5. The van der Waals surface area contributed by atoms with Gasteiger partial charge in [-0.25, -0.2) is 0 Å². The third kappa shape index (κ3) is 8.52. The standard InChI is InChI=1S/C32H34F5N5O2S/c1-23(42-18-14-29(15-19-42)44-28-7-9-30(10-8-28)45(33,34,35,36)37)26-6-11-31(39-21-26)32(43)40-27-12-16-41(17-13-27)22-25-4-2-24(20-38)3-5-25/h2-11,21,27,29H,1,12-19,22H2,(H,40,43). The van der Waals surface area contributed by atoms with Crippen molar-refractivity contribution in [3.05, 3.63) is 95.8 Å². The summed E-state index contributed by atoms with van der Waals surface area (Å²) < 4.78 is 70.5. The molecule has 2 aromatic carbocycles. The summed E-state index contributed by atoms with van der Waals surface area (Å²) in [6.07, 6.45) is 4.09. The van der Waals surface area contributed by atoms with Crippen LogP contribution in [0.25, 0.3) is 5.70 Å². The van der Waals surface area contributed by atoms with E-state index in [-0.39, 0.29) is 23.8 Å². The zero-order valence-corrected chi connectivity index (χ0v) is 25.3. The molecule has 0 bridgehead atoms. The van der Waals surface area contributed by atoms with Crippen molar-refractivity contribution < 1.29 is 29.0 Å². The van der Waals surface area contributed by atoms with Crippen molar-refractivity contribution in [2.24, 2.45) is 0 Å². The van der Waals surface area contributed by atoms with Crippen molar-refractivity contribution >= 4 is 21.8 Å². The van der Waals surface area contributed by atoms with Gasteiger partial charge in [-0.05, 0) is 66.9 Å². The van der Waals surface area contributed by atoms with E-state index in [9.17, 15) is 24.2 Å². The summed E-state index contributed by atoms with van der Waals surface area (Å²) in [7, 11) is -9.72. The highest BCUT2D eigenvalue weighted by atomic mass is 32.5. The van der Waals surface area contributed by atoms with Crippen LogP contribution in [0, 0.1) is 11.3 Å². The number of rotatable bonds is 9. The first-order valence-electron chi connectivity index (χ1n) is 14.6. The Balaban J connectivity index is 1.05. The molecule has 0 spiro atoms. The second-order valence-corrected chi connectivity index (χ2v) is 13.9. The van der Waals surface area contributed by atoms with Gasteiger partial charge >= 0.3 is 10.2 Å². The largest absolute Gasteiger partial charge is 0.490 e. The molecular weight excluding hydrogens is 613 g/mol. The Morgan fingerprint density at radius 2 is 1.58 bits per heavy atom. The minimum atomic E-state index is -9.72. The van der Waals surface area contributed by atoms with Gasteiger partial charge in [0.25, 0.3) is 5.91 Å². The van der Waals surface area contributed by atoms with E-state index in [1.54, 1.807) is 18.3 Å². The number of aromatic nitrogens is 1. The molecule has 7 nitrogen and oxygen atoms in total. The molecule has 3 aromatic rings. The third-order valence-electron chi connectivity index (χ3n) is 8.14. The number of hydrogen-bond donors (Lipinski definition) is 1. The van der Waals surface area contributed by atoms with E-state index >= 15 is 0 Å². The lowest BCUT2D eigenvalue weighted by molar-refractivity contribution is 0.0903. The fourth-order valence-corrected chi connectivity index (χ4v) is 6.18. The molecule has 2 saturated heterocycles. The number of piperidine rings is 2. The molecular formula is C32H34F5N5O2S. The van der Waals surface area contributed by atoms with E-state index in [2.05, 4.69) is 27.8 Å². The number of carbonyl (C=O) groups is 1. The summed E-state index contributed by atoms with van der Waals surface area (Å²) in [6, 6.07) is 15.8. The fourth-order valence-electron chi connectivity index (χ4n) is 5.53. The van der Waals surface area contributed by atoms with Gasteiger partial charge < -0.3 is 15.0 Å². The highest BCUT2D eigenvalue weighted by Crippen LogP contribution is 3.02.